The summed E-state index contributed by atoms with van der Waals surface area (Å²) in [6, 6.07) is 15.1. The van der Waals surface area contributed by atoms with E-state index in [1.54, 1.807) is 0 Å². The zero-order valence-electron chi connectivity index (χ0n) is 15.8. The second-order valence-corrected chi connectivity index (χ2v) is 7.42. The molecule has 0 saturated carbocycles. The highest BCUT2D eigenvalue weighted by atomic mass is 15.3. The largest absolute Gasteiger partial charge is 0.312 e. The smallest absolute Gasteiger partial charge is 0.0659 e. The van der Waals surface area contributed by atoms with E-state index in [0.717, 1.165) is 26.2 Å². The highest BCUT2D eigenvalue weighted by Gasteiger charge is 2.32. The van der Waals surface area contributed by atoms with Crippen LogP contribution in [0.1, 0.15) is 29.2 Å². The van der Waals surface area contributed by atoms with Gasteiger partial charge in [0.25, 0.3) is 0 Å². The quantitative estimate of drug-likeness (QED) is 0.702. The summed E-state index contributed by atoms with van der Waals surface area (Å²) >= 11 is 0. The van der Waals surface area contributed by atoms with Crippen molar-refractivity contribution in [1.82, 2.24) is 25.0 Å². The Morgan fingerprint density at radius 2 is 1.96 bits per heavy atom. The first-order valence-corrected chi connectivity index (χ1v) is 9.66. The minimum Gasteiger partial charge on any atom is -0.312 e. The number of rotatable bonds is 7. The lowest BCUT2D eigenvalue weighted by Crippen LogP contribution is -2.28. The molecule has 5 heteroatoms. The van der Waals surface area contributed by atoms with Crippen LogP contribution in [0.3, 0.4) is 0 Å². The molecule has 1 N–H and O–H groups in total. The number of hydrogen-bond acceptors (Lipinski definition) is 4. The van der Waals surface area contributed by atoms with Crippen molar-refractivity contribution in [2.45, 2.75) is 25.6 Å². The lowest BCUT2D eigenvalue weighted by atomic mass is 9.95. The van der Waals surface area contributed by atoms with Crippen molar-refractivity contribution in [3.63, 3.8) is 0 Å². The van der Waals surface area contributed by atoms with Gasteiger partial charge in [-0.25, -0.2) is 0 Å². The molecule has 0 bridgehead atoms. The van der Waals surface area contributed by atoms with E-state index < -0.39 is 0 Å². The van der Waals surface area contributed by atoms with E-state index in [1.165, 1.54) is 23.1 Å². The number of pyridine rings is 1. The normalized spacial score (nSPS) is 20.2. The van der Waals surface area contributed by atoms with E-state index >= 15 is 0 Å². The van der Waals surface area contributed by atoms with Gasteiger partial charge in [0.15, 0.2) is 0 Å². The Morgan fingerprint density at radius 3 is 2.78 bits per heavy atom. The second-order valence-electron chi connectivity index (χ2n) is 7.42. The van der Waals surface area contributed by atoms with E-state index in [-0.39, 0.29) is 0 Å². The van der Waals surface area contributed by atoms with Gasteiger partial charge in [-0.05, 0) is 43.1 Å². The van der Waals surface area contributed by atoms with Crippen LogP contribution in [0.15, 0.2) is 67.3 Å². The average molecular weight is 361 g/mol. The number of hydrogen-bond donors (Lipinski definition) is 1. The Labute approximate surface area is 161 Å². The first-order chi connectivity index (χ1) is 13.3. The zero-order valence-corrected chi connectivity index (χ0v) is 15.8. The summed E-state index contributed by atoms with van der Waals surface area (Å²) in [4.78, 5) is 6.75. The van der Waals surface area contributed by atoms with Gasteiger partial charge in [0.1, 0.15) is 0 Å². The predicted molar refractivity (Wildman–Crippen MR) is 107 cm³/mol. The molecular formula is C22H27N5. The second kappa shape index (κ2) is 8.46. The van der Waals surface area contributed by atoms with Crippen molar-refractivity contribution >= 4 is 0 Å². The van der Waals surface area contributed by atoms with Crippen LogP contribution in [0.2, 0.25) is 0 Å². The molecule has 27 heavy (non-hydrogen) atoms. The SMILES string of the molecule is CN1CC[C@@H](CNCc2cnn(Cc3ccccc3)c2)[C@@H]1c1cccnc1. The molecule has 0 aliphatic carbocycles. The van der Waals surface area contributed by atoms with Crippen LogP contribution in [0.25, 0.3) is 0 Å². The van der Waals surface area contributed by atoms with Gasteiger partial charge in [0, 0.05) is 43.3 Å². The maximum atomic E-state index is 4.50. The molecule has 1 saturated heterocycles. The molecule has 1 fully saturated rings. The summed E-state index contributed by atoms with van der Waals surface area (Å²) in [6.45, 7) is 3.82. The standard InChI is InChI=1S/C22H27N5/c1-26-11-9-21(22(26)20-8-5-10-23-14-20)15-24-12-19-13-25-27(17-19)16-18-6-3-2-4-7-18/h2-8,10,13-14,17,21-22,24H,9,11-12,15-16H2,1H3/t21-,22-/m0/s1. The summed E-state index contributed by atoms with van der Waals surface area (Å²) in [5.41, 5.74) is 3.82. The third kappa shape index (κ3) is 4.43. The van der Waals surface area contributed by atoms with E-state index in [9.17, 15) is 0 Å². The van der Waals surface area contributed by atoms with Gasteiger partial charge in [-0.15, -0.1) is 0 Å². The van der Waals surface area contributed by atoms with Crippen molar-refractivity contribution in [2.75, 3.05) is 20.1 Å². The van der Waals surface area contributed by atoms with E-state index in [4.69, 9.17) is 0 Å². The molecule has 1 aliphatic heterocycles. The van der Waals surface area contributed by atoms with Crippen LogP contribution in [0.5, 0.6) is 0 Å². The molecule has 140 valence electrons. The summed E-state index contributed by atoms with van der Waals surface area (Å²) < 4.78 is 2.01. The molecule has 3 heterocycles. The van der Waals surface area contributed by atoms with Crippen LogP contribution in [-0.2, 0) is 13.1 Å². The van der Waals surface area contributed by atoms with Crippen LogP contribution in [0.4, 0.5) is 0 Å². The Balaban J connectivity index is 1.31. The van der Waals surface area contributed by atoms with Crippen LogP contribution in [0, 0.1) is 5.92 Å². The molecule has 0 spiro atoms. The fraction of sp³-hybridized carbons (Fsp3) is 0.364. The van der Waals surface area contributed by atoms with E-state index in [1.807, 2.05) is 35.4 Å². The molecule has 4 rings (SSSR count). The van der Waals surface area contributed by atoms with Gasteiger partial charge in [-0.1, -0.05) is 36.4 Å². The molecule has 5 nitrogen and oxygen atoms in total. The van der Waals surface area contributed by atoms with E-state index in [0.29, 0.717) is 12.0 Å². The minimum absolute atomic E-state index is 0.451. The fourth-order valence-corrected chi connectivity index (χ4v) is 4.07. The van der Waals surface area contributed by atoms with Crippen molar-refractivity contribution in [3.8, 4) is 0 Å². The summed E-state index contributed by atoms with van der Waals surface area (Å²) in [5.74, 6) is 0.610. The number of likely N-dealkylation sites (tertiary alicyclic amines) is 1. The number of benzene rings is 1. The van der Waals surface area contributed by atoms with Crippen molar-refractivity contribution in [1.29, 1.82) is 0 Å². The molecule has 0 amide bonds. The molecule has 1 aromatic carbocycles. The fourth-order valence-electron chi connectivity index (χ4n) is 4.07. The topological polar surface area (TPSA) is 46.0 Å². The Kier molecular flexibility index (Phi) is 5.61. The van der Waals surface area contributed by atoms with Gasteiger partial charge >= 0.3 is 0 Å². The van der Waals surface area contributed by atoms with Crippen molar-refractivity contribution in [3.05, 3.63) is 83.9 Å². The van der Waals surface area contributed by atoms with Crippen LogP contribution in [-0.4, -0.2) is 39.8 Å². The number of nitrogens with one attached hydrogen (secondary N) is 1. The summed E-state index contributed by atoms with van der Waals surface area (Å²) in [5, 5.41) is 8.14. The maximum Gasteiger partial charge on any atom is 0.0659 e. The maximum absolute atomic E-state index is 4.50. The third-order valence-electron chi connectivity index (χ3n) is 5.41. The van der Waals surface area contributed by atoms with Crippen molar-refractivity contribution in [2.24, 2.45) is 5.92 Å². The monoisotopic (exact) mass is 361 g/mol. The molecule has 0 unspecified atom stereocenters. The number of nitrogens with zero attached hydrogens (tertiary/aromatic N) is 4. The molecule has 1 aliphatic rings. The molecule has 3 aromatic rings. The Hall–Kier alpha value is -2.50. The first-order valence-electron chi connectivity index (χ1n) is 9.66. The molecule has 2 aromatic heterocycles. The van der Waals surface area contributed by atoms with Gasteiger partial charge in [-0.2, -0.15) is 5.10 Å². The zero-order chi connectivity index (χ0) is 18.5. The van der Waals surface area contributed by atoms with Crippen LogP contribution >= 0.6 is 0 Å². The average Bonchev–Trinajstić information content (AvgIpc) is 3.30. The van der Waals surface area contributed by atoms with Gasteiger partial charge in [-0.3, -0.25) is 14.6 Å². The van der Waals surface area contributed by atoms with Gasteiger partial charge in [0.2, 0.25) is 0 Å². The van der Waals surface area contributed by atoms with Gasteiger partial charge in [0.05, 0.1) is 12.7 Å². The highest BCUT2D eigenvalue weighted by Crippen LogP contribution is 2.35. The number of aromatic nitrogens is 3. The molecule has 2 atom stereocenters. The lowest BCUT2D eigenvalue weighted by Gasteiger charge is -2.25. The predicted octanol–water partition coefficient (Wildman–Crippen LogP) is 3.11. The lowest BCUT2D eigenvalue weighted by molar-refractivity contribution is 0.271. The van der Waals surface area contributed by atoms with Crippen molar-refractivity contribution < 1.29 is 0 Å². The van der Waals surface area contributed by atoms with Gasteiger partial charge < -0.3 is 5.32 Å². The minimum atomic E-state index is 0.451. The first kappa shape index (κ1) is 17.9. The molecular weight excluding hydrogens is 334 g/mol. The summed E-state index contributed by atoms with van der Waals surface area (Å²) in [6.07, 6.45) is 9.18. The highest BCUT2D eigenvalue weighted by molar-refractivity contribution is 5.17. The van der Waals surface area contributed by atoms with Crippen LogP contribution < -0.4 is 5.32 Å². The Morgan fingerprint density at radius 1 is 1.07 bits per heavy atom. The molecule has 0 radical (unpaired) electrons. The Bertz CT molecular complexity index is 830. The third-order valence-corrected chi connectivity index (χ3v) is 5.41. The summed E-state index contributed by atoms with van der Waals surface area (Å²) in [7, 11) is 2.21. The van der Waals surface area contributed by atoms with E-state index in [2.05, 4.69) is 63.9 Å².